The summed E-state index contributed by atoms with van der Waals surface area (Å²) in [4.78, 5) is -0.0481. The average molecular weight is 478 g/mol. The molecule has 3 aromatic rings. The van der Waals surface area contributed by atoms with Gasteiger partial charge in [-0.3, -0.25) is 4.72 Å². The van der Waals surface area contributed by atoms with E-state index in [-0.39, 0.29) is 15.7 Å². The predicted molar refractivity (Wildman–Crippen MR) is 120 cm³/mol. The van der Waals surface area contributed by atoms with Crippen LogP contribution in [0.5, 0.6) is 11.5 Å². The third-order valence-corrected chi connectivity index (χ3v) is 6.63. The molecular formula is C21H23N3O6S2. The molecule has 0 amide bonds. The first-order chi connectivity index (χ1) is 15.1. The molecule has 0 spiro atoms. The van der Waals surface area contributed by atoms with Crippen molar-refractivity contribution in [3.8, 4) is 22.8 Å². The Labute approximate surface area is 187 Å². The second-order valence-corrected chi connectivity index (χ2v) is 10.3. The summed E-state index contributed by atoms with van der Waals surface area (Å²) in [6, 6.07) is 14.0. The Morgan fingerprint density at radius 2 is 1.62 bits per heavy atom. The van der Waals surface area contributed by atoms with Crippen LogP contribution in [0.1, 0.15) is 13.8 Å². The molecule has 0 saturated heterocycles. The molecule has 0 aliphatic heterocycles. The number of anilines is 1. The van der Waals surface area contributed by atoms with Crippen molar-refractivity contribution >= 4 is 25.5 Å². The quantitative estimate of drug-likeness (QED) is 0.498. The molecule has 1 N–H and O–H groups in total. The fraction of sp³-hybridized carbons (Fsp3) is 0.238. The smallest absolute Gasteiger partial charge is 0.265 e. The SMILES string of the molecule is CCOc1ccc(OCC)c(S(=O)(=O)Nc2cccc(-c3ccc(S(C)(=O)=O)nn3)c2)c1. The summed E-state index contributed by atoms with van der Waals surface area (Å²) in [5.74, 6) is 0.619. The first-order valence-corrected chi connectivity index (χ1v) is 13.1. The number of sulfone groups is 1. The van der Waals surface area contributed by atoms with Gasteiger partial charge in [-0.05, 0) is 50.2 Å². The van der Waals surface area contributed by atoms with Crippen LogP contribution in [-0.2, 0) is 19.9 Å². The van der Waals surface area contributed by atoms with Gasteiger partial charge in [0.15, 0.2) is 14.9 Å². The second-order valence-electron chi connectivity index (χ2n) is 6.69. The maximum Gasteiger partial charge on any atom is 0.265 e. The molecule has 1 aromatic heterocycles. The zero-order valence-corrected chi connectivity index (χ0v) is 19.4. The molecule has 11 heteroatoms. The lowest BCUT2D eigenvalue weighted by atomic mass is 10.1. The van der Waals surface area contributed by atoms with Crippen molar-refractivity contribution in [3.05, 3.63) is 54.6 Å². The summed E-state index contributed by atoms with van der Waals surface area (Å²) in [7, 11) is -7.47. The molecule has 0 aliphatic carbocycles. The normalized spacial score (nSPS) is 11.7. The van der Waals surface area contributed by atoms with E-state index >= 15 is 0 Å². The van der Waals surface area contributed by atoms with Gasteiger partial charge in [-0.15, -0.1) is 10.2 Å². The molecule has 0 saturated carbocycles. The van der Waals surface area contributed by atoms with Crippen LogP contribution in [0.4, 0.5) is 5.69 Å². The Balaban J connectivity index is 1.93. The van der Waals surface area contributed by atoms with Gasteiger partial charge in [0.25, 0.3) is 10.0 Å². The molecule has 0 unspecified atom stereocenters. The maximum absolute atomic E-state index is 13.1. The summed E-state index contributed by atoms with van der Waals surface area (Å²) in [5, 5.41) is 7.53. The van der Waals surface area contributed by atoms with Gasteiger partial charge in [-0.1, -0.05) is 12.1 Å². The van der Waals surface area contributed by atoms with E-state index < -0.39 is 19.9 Å². The van der Waals surface area contributed by atoms with E-state index in [0.29, 0.717) is 35.9 Å². The minimum absolute atomic E-state index is 0.0481. The third-order valence-electron chi connectivity index (χ3n) is 4.25. The lowest BCUT2D eigenvalue weighted by molar-refractivity contribution is 0.322. The monoisotopic (exact) mass is 477 g/mol. The predicted octanol–water partition coefficient (Wildman–Crippen LogP) is 3.15. The van der Waals surface area contributed by atoms with Gasteiger partial charge in [0.2, 0.25) is 0 Å². The zero-order valence-electron chi connectivity index (χ0n) is 17.8. The van der Waals surface area contributed by atoms with E-state index in [9.17, 15) is 16.8 Å². The van der Waals surface area contributed by atoms with Crippen LogP contribution < -0.4 is 14.2 Å². The summed E-state index contributed by atoms with van der Waals surface area (Å²) < 4.78 is 62.8. The van der Waals surface area contributed by atoms with Gasteiger partial charge in [0.1, 0.15) is 16.4 Å². The molecule has 0 fully saturated rings. The number of ether oxygens (including phenoxy) is 2. The number of aromatic nitrogens is 2. The van der Waals surface area contributed by atoms with Crippen molar-refractivity contribution in [3.63, 3.8) is 0 Å². The lowest BCUT2D eigenvalue weighted by Gasteiger charge is -2.14. The molecular weight excluding hydrogens is 454 g/mol. The van der Waals surface area contributed by atoms with Gasteiger partial charge in [-0.25, -0.2) is 16.8 Å². The van der Waals surface area contributed by atoms with Crippen molar-refractivity contribution in [2.75, 3.05) is 24.2 Å². The number of benzene rings is 2. The number of hydrogen-bond donors (Lipinski definition) is 1. The Bertz CT molecular complexity index is 1310. The number of hydrogen-bond acceptors (Lipinski definition) is 8. The molecule has 32 heavy (non-hydrogen) atoms. The van der Waals surface area contributed by atoms with Crippen molar-refractivity contribution in [1.82, 2.24) is 10.2 Å². The highest BCUT2D eigenvalue weighted by molar-refractivity contribution is 7.92. The molecule has 0 radical (unpaired) electrons. The van der Waals surface area contributed by atoms with Crippen LogP contribution >= 0.6 is 0 Å². The Morgan fingerprint density at radius 1 is 0.875 bits per heavy atom. The lowest BCUT2D eigenvalue weighted by Crippen LogP contribution is -2.15. The van der Waals surface area contributed by atoms with Crippen LogP contribution in [-0.4, -0.2) is 46.5 Å². The van der Waals surface area contributed by atoms with Gasteiger partial charge in [0.05, 0.1) is 18.9 Å². The second kappa shape index (κ2) is 9.53. The zero-order chi connectivity index (χ0) is 23.4. The molecule has 1 heterocycles. The number of sulfonamides is 1. The molecule has 0 bridgehead atoms. The minimum atomic E-state index is -4.00. The summed E-state index contributed by atoms with van der Waals surface area (Å²) in [6.07, 6.45) is 1.04. The molecule has 0 aliphatic rings. The van der Waals surface area contributed by atoms with E-state index in [1.165, 1.54) is 18.2 Å². The minimum Gasteiger partial charge on any atom is -0.494 e. The van der Waals surface area contributed by atoms with Crippen molar-refractivity contribution < 1.29 is 26.3 Å². The number of nitrogens with zero attached hydrogens (tertiary/aromatic N) is 2. The van der Waals surface area contributed by atoms with Crippen LogP contribution in [0.2, 0.25) is 0 Å². The first kappa shape index (κ1) is 23.5. The van der Waals surface area contributed by atoms with Gasteiger partial charge < -0.3 is 9.47 Å². The highest BCUT2D eigenvalue weighted by atomic mass is 32.2. The standard InChI is InChI=1S/C21H23N3O6S2/c1-4-29-17-9-11-19(30-5-2)20(14-17)32(27,28)24-16-8-6-7-15(13-16)18-10-12-21(23-22-18)31(3,25)26/h6-14,24H,4-5H2,1-3H3. The van der Waals surface area contributed by atoms with Gasteiger partial charge >= 0.3 is 0 Å². The molecule has 3 rings (SSSR count). The van der Waals surface area contributed by atoms with Crippen molar-refractivity contribution in [2.45, 2.75) is 23.8 Å². The highest BCUT2D eigenvalue weighted by Gasteiger charge is 2.21. The summed E-state index contributed by atoms with van der Waals surface area (Å²) in [6.45, 7) is 4.26. The van der Waals surface area contributed by atoms with Crippen LogP contribution in [0, 0.1) is 0 Å². The highest BCUT2D eigenvalue weighted by Crippen LogP contribution is 2.31. The summed E-state index contributed by atoms with van der Waals surface area (Å²) >= 11 is 0. The number of nitrogens with one attached hydrogen (secondary N) is 1. The van der Waals surface area contributed by atoms with E-state index in [1.807, 2.05) is 0 Å². The van der Waals surface area contributed by atoms with E-state index in [4.69, 9.17) is 9.47 Å². The maximum atomic E-state index is 13.1. The molecule has 0 atom stereocenters. The molecule has 170 valence electrons. The third kappa shape index (κ3) is 5.54. The van der Waals surface area contributed by atoms with Gasteiger partial charge in [-0.2, -0.15) is 0 Å². The Morgan fingerprint density at radius 3 is 2.25 bits per heavy atom. The average Bonchev–Trinajstić information content (AvgIpc) is 2.74. The Hall–Kier alpha value is -3.18. The van der Waals surface area contributed by atoms with Crippen molar-refractivity contribution in [2.24, 2.45) is 0 Å². The largest absolute Gasteiger partial charge is 0.494 e. The molecule has 2 aromatic carbocycles. The summed E-state index contributed by atoms with van der Waals surface area (Å²) in [5.41, 5.74) is 1.25. The topological polar surface area (TPSA) is 125 Å². The van der Waals surface area contributed by atoms with E-state index in [2.05, 4.69) is 14.9 Å². The fourth-order valence-electron chi connectivity index (χ4n) is 2.85. The molecule has 9 nitrogen and oxygen atoms in total. The number of rotatable bonds is 9. The van der Waals surface area contributed by atoms with Crippen LogP contribution in [0.3, 0.4) is 0 Å². The first-order valence-electron chi connectivity index (χ1n) is 9.70. The van der Waals surface area contributed by atoms with Crippen LogP contribution in [0.15, 0.2) is 64.5 Å². The van der Waals surface area contributed by atoms with Crippen LogP contribution in [0.25, 0.3) is 11.3 Å². The Kier molecular flexibility index (Phi) is 6.99. The van der Waals surface area contributed by atoms with E-state index in [0.717, 1.165) is 6.26 Å². The van der Waals surface area contributed by atoms with E-state index in [1.54, 1.807) is 50.2 Å². The van der Waals surface area contributed by atoms with Crippen molar-refractivity contribution in [1.29, 1.82) is 0 Å². The fourth-order valence-corrected chi connectivity index (χ4v) is 4.57. The van der Waals surface area contributed by atoms with Gasteiger partial charge in [0, 0.05) is 23.6 Å².